The maximum absolute atomic E-state index is 12.8. The first-order valence-corrected chi connectivity index (χ1v) is 25.7. The molecule has 58 heavy (non-hydrogen) atoms. The lowest BCUT2D eigenvalue weighted by molar-refractivity contribution is -0.124. The first-order chi connectivity index (χ1) is 28.3. The van der Waals surface area contributed by atoms with Crippen molar-refractivity contribution in [1.29, 1.82) is 0 Å². The van der Waals surface area contributed by atoms with Crippen molar-refractivity contribution >= 4 is 13.7 Å². The van der Waals surface area contributed by atoms with Gasteiger partial charge < -0.3 is 26.2 Å². The lowest BCUT2D eigenvalue weighted by atomic mass is 10.0. The Morgan fingerprint density at radius 1 is 0.603 bits per heavy atom. The minimum Gasteiger partial charge on any atom is -0.393 e. The van der Waals surface area contributed by atoms with Crippen LogP contribution in [0.4, 0.5) is 0 Å². The van der Waals surface area contributed by atoms with Crippen molar-refractivity contribution in [3.63, 3.8) is 0 Å². The second-order valence-electron chi connectivity index (χ2n) is 16.5. The summed E-state index contributed by atoms with van der Waals surface area (Å²) in [7, 11) is -4.40. The molecule has 0 saturated carbocycles. The zero-order valence-corrected chi connectivity index (χ0v) is 38.5. The Morgan fingerprint density at radius 3 is 1.47 bits per heavy atom. The SMILES string of the molecule is CCCCCCCCCCC/C=C\C/C=C\CCCCCCCC(O)CC(=O)NC(COP(=O)(O)OCCN)C(O)/C=C/CCCCCCCCCCCCCCC. The molecule has 0 radical (unpaired) electrons. The maximum Gasteiger partial charge on any atom is 0.472 e. The van der Waals surface area contributed by atoms with Gasteiger partial charge in [-0.3, -0.25) is 13.8 Å². The van der Waals surface area contributed by atoms with Gasteiger partial charge >= 0.3 is 7.82 Å². The van der Waals surface area contributed by atoms with E-state index < -0.39 is 38.6 Å². The Kier molecular flexibility index (Phi) is 42.8. The van der Waals surface area contributed by atoms with Crippen molar-refractivity contribution in [2.75, 3.05) is 19.8 Å². The molecule has 0 spiro atoms. The van der Waals surface area contributed by atoms with E-state index in [0.29, 0.717) is 6.42 Å². The second kappa shape index (κ2) is 43.8. The number of carbonyl (C=O) groups excluding carboxylic acids is 1. The Labute approximate surface area is 357 Å². The number of hydrogen-bond donors (Lipinski definition) is 5. The van der Waals surface area contributed by atoms with Gasteiger partial charge in [-0.25, -0.2) is 4.57 Å². The standard InChI is InChI=1S/C48H93N2O7P/c1-3-5-7-9-11-13-15-17-19-20-21-22-23-24-26-27-29-31-33-35-37-39-45(51)43-48(53)50-46(44-57-58(54,55)56-42-41-49)47(52)40-38-36-34-32-30-28-25-18-16-14-12-10-8-6-4-2/h21-22,24,26,38,40,45-47,51-52H,3-20,23,25,27-37,39,41-44,49H2,1-2H3,(H,50,53)(H,54,55)/b22-21-,26-24-,40-38+. The molecular formula is C48H93N2O7P. The largest absolute Gasteiger partial charge is 0.472 e. The molecule has 10 heteroatoms. The lowest BCUT2D eigenvalue weighted by Gasteiger charge is -2.24. The number of unbranched alkanes of at least 4 members (excludes halogenated alkanes) is 27. The number of nitrogens with one attached hydrogen (secondary N) is 1. The van der Waals surface area contributed by atoms with Crippen molar-refractivity contribution in [1.82, 2.24) is 5.32 Å². The van der Waals surface area contributed by atoms with Gasteiger partial charge in [-0.2, -0.15) is 0 Å². The van der Waals surface area contributed by atoms with E-state index in [1.54, 1.807) is 6.08 Å². The Morgan fingerprint density at radius 2 is 1.02 bits per heavy atom. The van der Waals surface area contributed by atoms with Crippen LogP contribution in [0.2, 0.25) is 0 Å². The third kappa shape index (κ3) is 41.4. The second-order valence-corrected chi connectivity index (χ2v) is 18.0. The maximum atomic E-state index is 12.8. The number of aliphatic hydroxyl groups is 2. The van der Waals surface area contributed by atoms with Crippen LogP contribution in [0.1, 0.15) is 226 Å². The number of allylic oxidation sites excluding steroid dienone is 5. The van der Waals surface area contributed by atoms with Crippen molar-refractivity contribution in [3.05, 3.63) is 36.5 Å². The van der Waals surface area contributed by atoms with E-state index in [9.17, 15) is 24.5 Å². The summed E-state index contributed by atoms with van der Waals surface area (Å²) in [6.45, 7) is 3.98. The first-order valence-electron chi connectivity index (χ1n) is 24.2. The van der Waals surface area contributed by atoms with Crippen molar-refractivity contribution in [2.45, 2.75) is 244 Å². The van der Waals surface area contributed by atoms with E-state index in [-0.39, 0.29) is 19.6 Å². The highest BCUT2D eigenvalue weighted by Gasteiger charge is 2.27. The van der Waals surface area contributed by atoms with Crippen molar-refractivity contribution < 1.29 is 33.5 Å². The van der Waals surface area contributed by atoms with Gasteiger partial charge in [0.15, 0.2) is 0 Å². The summed E-state index contributed by atoms with van der Waals surface area (Å²) in [5.74, 6) is -0.453. The summed E-state index contributed by atoms with van der Waals surface area (Å²) < 4.78 is 22.1. The van der Waals surface area contributed by atoms with Crippen LogP contribution in [-0.4, -0.2) is 59.0 Å². The predicted molar refractivity (Wildman–Crippen MR) is 246 cm³/mol. The molecule has 0 aromatic heterocycles. The zero-order valence-electron chi connectivity index (χ0n) is 37.7. The van der Waals surface area contributed by atoms with Crippen LogP contribution in [0.3, 0.4) is 0 Å². The van der Waals surface area contributed by atoms with Gasteiger partial charge in [-0.1, -0.05) is 204 Å². The predicted octanol–water partition coefficient (Wildman–Crippen LogP) is 12.9. The van der Waals surface area contributed by atoms with Gasteiger partial charge in [0.05, 0.1) is 37.9 Å². The Balaban J connectivity index is 4.25. The molecule has 0 aromatic carbocycles. The van der Waals surface area contributed by atoms with Gasteiger partial charge in [0.2, 0.25) is 5.91 Å². The molecule has 0 rings (SSSR count). The van der Waals surface area contributed by atoms with Gasteiger partial charge in [0.1, 0.15) is 0 Å². The Bertz CT molecular complexity index is 1020. The summed E-state index contributed by atoms with van der Waals surface area (Å²) in [6.07, 6.45) is 49.4. The molecular weight excluding hydrogens is 748 g/mol. The normalized spacial score (nSPS) is 14.8. The summed E-state index contributed by atoms with van der Waals surface area (Å²) in [5.41, 5.74) is 5.37. The Hall–Kier alpha value is -1.32. The van der Waals surface area contributed by atoms with Crippen LogP contribution in [0.5, 0.6) is 0 Å². The summed E-state index contributed by atoms with van der Waals surface area (Å²) in [6, 6.07) is -0.987. The number of phosphoric acid groups is 1. The minimum atomic E-state index is -4.40. The van der Waals surface area contributed by atoms with Crippen LogP contribution in [0.15, 0.2) is 36.5 Å². The fourth-order valence-corrected chi connectivity index (χ4v) is 7.85. The van der Waals surface area contributed by atoms with E-state index in [1.165, 1.54) is 135 Å². The summed E-state index contributed by atoms with van der Waals surface area (Å²) in [5, 5.41) is 24.1. The molecule has 4 unspecified atom stereocenters. The average molecular weight is 841 g/mol. The number of aliphatic hydroxyl groups excluding tert-OH is 2. The summed E-state index contributed by atoms with van der Waals surface area (Å²) in [4.78, 5) is 22.8. The van der Waals surface area contributed by atoms with Crippen molar-refractivity contribution in [2.24, 2.45) is 5.73 Å². The van der Waals surface area contributed by atoms with Crippen LogP contribution >= 0.6 is 7.82 Å². The number of rotatable bonds is 45. The van der Waals surface area contributed by atoms with E-state index in [4.69, 9.17) is 14.8 Å². The van der Waals surface area contributed by atoms with E-state index in [2.05, 4.69) is 43.5 Å². The molecule has 0 fully saturated rings. The number of nitrogens with two attached hydrogens (primary N) is 1. The van der Waals surface area contributed by atoms with Gasteiger partial charge in [-0.15, -0.1) is 0 Å². The molecule has 0 heterocycles. The van der Waals surface area contributed by atoms with Crippen LogP contribution in [0.25, 0.3) is 0 Å². The first kappa shape index (κ1) is 56.7. The molecule has 9 nitrogen and oxygen atoms in total. The molecule has 1 amide bonds. The van der Waals surface area contributed by atoms with Gasteiger partial charge in [-0.05, 0) is 51.4 Å². The number of amides is 1. The topological polar surface area (TPSA) is 151 Å². The molecule has 342 valence electrons. The number of phosphoric ester groups is 1. The zero-order chi connectivity index (χ0) is 42.6. The van der Waals surface area contributed by atoms with E-state index >= 15 is 0 Å². The van der Waals surface area contributed by atoms with Gasteiger partial charge in [0, 0.05) is 6.54 Å². The minimum absolute atomic E-state index is 0.0471. The number of carbonyl (C=O) groups is 1. The van der Waals surface area contributed by atoms with Crippen LogP contribution in [-0.2, 0) is 18.4 Å². The molecule has 0 aliphatic rings. The molecule has 0 aliphatic carbocycles. The molecule has 4 atom stereocenters. The molecule has 0 saturated heterocycles. The average Bonchev–Trinajstić information content (AvgIpc) is 3.20. The lowest BCUT2D eigenvalue weighted by Crippen LogP contribution is -2.46. The molecule has 0 bridgehead atoms. The number of hydrogen-bond acceptors (Lipinski definition) is 7. The summed E-state index contributed by atoms with van der Waals surface area (Å²) >= 11 is 0. The van der Waals surface area contributed by atoms with Crippen molar-refractivity contribution in [3.8, 4) is 0 Å². The third-order valence-electron chi connectivity index (χ3n) is 10.8. The van der Waals surface area contributed by atoms with E-state index in [0.717, 1.165) is 64.2 Å². The van der Waals surface area contributed by atoms with Crippen LogP contribution in [0, 0.1) is 0 Å². The van der Waals surface area contributed by atoms with Gasteiger partial charge in [0.25, 0.3) is 0 Å². The highest BCUT2D eigenvalue weighted by atomic mass is 31.2. The molecule has 0 aromatic rings. The fourth-order valence-electron chi connectivity index (χ4n) is 7.09. The highest BCUT2D eigenvalue weighted by molar-refractivity contribution is 7.47. The quantitative estimate of drug-likeness (QED) is 0.0231. The smallest absolute Gasteiger partial charge is 0.393 e. The highest BCUT2D eigenvalue weighted by Crippen LogP contribution is 2.43. The van der Waals surface area contributed by atoms with E-state index in [1.807, 2.05) is 6.08 Å². The molecule has 6 N–H and O–H groups in total. The third-order valence-corrected chi connectivity index (χ3v) is 11.7. The van der Waals surface area contributed by atoms with Crippen LogP contribution < -0.4 is 11.1 Å². The fraction of sp³-hybridized carbons (Fsp3) is 0.854. The monoisotopic (exact) mass is 841 g/mol. The molecule has 0 aliphatic heterocycles.